The SMILES string of the molecule is CCOC(=O)Cc1csc(=S)n1C[NH+]1CCN(c2cc[nH+]cc2)CC1. The van der Waals surface area contributed by atoms with Crippen molar-refractivity contribution in [3.63, 3.8) is 0 Å². The van der Waals surface area contributed by atoms with Crippen LogP contribution in [0, 0.1) is 3.95 Å². The van der Waals surface area contributed by atoms with Gasteiger partial charge in [0.2, 0.25) is 0 Å². The minimum atomic E-state index is -0.190. The molecule has 0 saturated carbocycles. The largest absolute Gasteiger partial charge is 0.466 e. The number of carbonyl (C=O) groups excluding carboxylic acids is 1. The monoisotopic (exact) mass is 380 g/mol. The predicted octanol–water partition coefficient (Wildman–Crippen LogP) is 0.561. The first-order valence-corrected chi connectivity index (χ1v) is 9.83. The van der Waals surface area contributed by atoms with Gasteiger partial charge in [-0.25, -0.2) is 4.98 Å². The number of quaternary nitrogens is 1. The van der Waals surface area contributed by atoms with Crippen LogP contribution >= 0.6 is 23.6 Å². The molecule has 0 radical (unpaired) electrons. The third-order valence-corrected chi connectivity index (χ3v) is 5.73. The van der Waals surface area contributed by atoms with Crippen LogP contribution in [0.1, 0.15) is 12.6 Å². The summed E-state index contributed by atoms with van der Waals surface area (Å²) in [4.78, 5) is 18.7. The lowest BCUT2D eigenvalue weighted by Crippen LogP contribution is -3.14. The van der Waals surface area contributed by atoms with Crippen LogP contribution in [0.3, 0.4) is 0 Å². The summed E-state index contributed by atoms with van der Waals surface area (Å²) in [6.45, 7) is 7.19. The number of piperazine rings is 1. The van der Waals surface area contributed by atoms with Gasteiger partial charge in [-0.1, -0.05) is 0 Å². The second kappa shape index (κ2) is 8.55. The molecular weight excluding hydrogens is 356 g/mol. The first kappa shape index (κ1) is 18.0. The normalized spacial score (nSPS) is 15.3. The Hall–Kier alpha value is -1.77. The van der Waals surface area contributed by atoms with E-state index in [0.29, 0.717) is 13.0 Å². The highest BCUT2D eigenvalue weighted by Crippen LogP contribution is 2.13. The first-order valence-electron chi connectivity index (χ1n) is 8.55. The van der Waals surface area contributed by atoms with Gasteiger partial charge in [0.1, 0.15) is 0 Å². The Labute approximate surface area is 156 Å². The average Bonchev–Trinajstić information content (AvgIpc) is 2.96. The summed E-state index contributed by atoms with van der Waals surface area (Å²) in [5.41, 5.74) is 2.22. The number of hydrogen-bond acceptors (Lipinski definition) is 5. The van der Waals surface area contributed by atoms with Crippen LogP contribution in [0.15, 0.2) is 29.9 Å². The van der Waals surface area contributed by atoms with E-state index in [2.05, 4.69) is 26.6 Å². The van der Waals surface area contributed by atoms with Gasteiger partial charge in [0.05, 0.1) is 39.2 Å². The average molecular weight is 381 g/mol. The number of thiazole rings is 1. The molecule has 3 rings (SSSR count). The van der Waals surface area contributed by atoms with Crippen LogP contribution in [0.2, 0.25) is 0 Å². The zero-order chi connectivity index (χ0) is 17.6. The van der Waals surface area contributed by atoms with E-state index in [1.807, 2.05) is 24.7 Å². The summed E-state index contributed by atoms with van der Waals surface area (Å²) in [5, 5.41) is 1.98. The molecule has 1 aliphatic heterocycles. The maximum Gasteiger partial charge on any atom is 0.311 e. The van der Waals surface area contributed by atoms with Gasteiger partial charge in [-0.05, 0) is 19.1 Å². The fourth-order valence-corrected chi connectivity index (χ4v) is 4.16. The predicted molar refractivity (Wildman–Crippen MR) is 99.4 cm³/mol. The van der Waals surface area contributed by atoms with E-state index < -0.39 is 0 Å². The first-order chi connectivity index (χ1) is 12.2. The number of pyridine rings is 1. The van der Waals surface area contributed by atoms with Crippen LogP contribution in [-0.2, 0) is 22.6 Å². The second-order valence-corrected chi connectivity index (χ2v) is 7.56. The van der Waals surface area contributed by atoms with Gasteiger partial charge in [-0.3, -0.25) is 9.36 Å². The highest BCUT2D eigenvalue weighted by atomic mass is 32.1. The molecule has 0 bridgehead atoms. The zero-order valence-electron chi connectivity index (χ0n) is 14.4. The standard InChI is InChI=1S/C17H22N4O2S2/c1-2-23-16(22)11-15-12-25-17(24)21(15)13-19-7-9-20(10-8-19)14-3-5-18-6-4-14/h3-6,12H,2,7-11,13H2,1H3/p+2. The van der Waals surface area contributed by atoms with Gasteiger partial charge in [0.25, 0.3) is 0 Å². The Morgan fingerprint density at radius 1 is 1.36 bits per heavy atom. The molecule has 0 atom stereocenters. The molecule has 0 spiro atoms. The van der Waals surface area contributed by atoms with Gasteiger partial charge >= 0.3 is 5.97 Å². The molecule has 0 amide bonds. The van der Waals surface area contributed by atoms with Crippen molar-refractivity contribution in [1.29, 1.82) is 0 Å². The lowest BCUT2D eigenvalue weighted by atomic mass is 10.3. The molecule has 3 heterocycles. The fraction of sp³-hybridized carbons (Fsp3) is 0.471. The highest BCUT2D eigenvalue weighted by Gasteiger charge is 2.22. The number of ether oxygens (including phenoxy) is 1. The molecule has 1 aliphatic rings. The fourth-order valence-electron chi connectivity index (χ4n) is 3.08. The van der Waals surface area contributed by atoms with E-state index in [4.69, 9.17) is 17.0 Å². The van der Waals surface area contributed by atoms with Crippen LogP contribution in [-0.4, -0.2) is 43.3 Å². The van der Waals surface area contributed by atoms with Crippen molar-refractivity contribution in [2.75, 3.05) is 37.7 Å². The number of rotatable bonds is 6. The van der Waals surface area contributed by atoms with Crippen molar-refractivity contribution >= 4 is 35.2 Å². The van der Waals surface area contributed by atoms with E-state index in [1.54, 1.807) is 0 Å². The van der Waals surface area contributed by atoms with Crippen molar-refractivity contribution in [1.82, 2.24) is 4.57 Å². The Kier molecular flexibility index (Phi) is 6.17. The summed E-state index contributed by atoms with van der Waals surface area (Å²) in [6.07, 6.45) is 4.21. The Morgan fingerprint density at radius 2 is 2.08 bits per heavy atom. The summed E-state index contributed by atoms with van der Waals surface area (Å²) in [7, 11) is 0. The zero-order valence-corrected chi connectivity index (χ0v) is 16.0. The molecule has 2 N–H and O–H groups in total. The maximum atomic E-state index is 11.8. The number of nitrogens with one attached hydrogen (secondary N) is 2. The molecule has 134 valence electrons. The van der Waals surface area contributed by atoms with Gasteiger partial charge in [-0.15, -0.1) is 11.3 Å². The second-order valence-electron chi connectivity index (χ2n) is 6.06. The van der Waals surface area contributed by atoms with Gasteiger partial charge in [-0.2, -0.15) is 0 Å². The Bertz CT molecular complexity index is 752. The summed E-state index contributed by atoms with van der Waals surface area (Å²) >= 11 is 6.98. The number of hydrogen-bond donors (Lipinski definition) is 1. The van der Waals surface area contributed by atoms with E-state index in [0.717, 1.165) is 42.5 Å². The number of aromatic amines is 1. The van der Waals surface area contributed by atoms with Crippen molar-refractivity contribution in [2.24, 2.45) is 0 Å². The van der Waals surface area contributed by atoms with E-state index >= 15 is 0 Å². The molecule has 8 heteroatoms. The van der Waals surface area contributed by atoms with Crippen LogP contribution < -0.4 is 14.8 Å². The van der Waals surface area contributed by atoms with E-state index in [-0.39, 0.29) is 5.97 Å². The van der Waals surface area contributed by atoms with Crippen LogP contribution in [0.4, 0.5) is 5.69 Å². The van der Waals surface area contributed by atoms with Crippen molar-refractivity contribution in [2.45, 2.75) is 20.0 Å². The maximum absolute atomic E-state index is 11.8. The summed E-state index contributed by atoms with van der Waals surface area (Å²) in [6, 6.07) is 4.22. The highest BCUT2D eigenvalue weighted by molar-refractivity contribution is 7.73. The quantitative estimate of drug-likeness (QED) is 0.588. The van der Waals surface area contributed by atoms with Gasteiger partial charge < -0.3 is 14.5 Å². The number of esters is 1. The van der Waals surface area contributed by atoms with Crippen molar-refractivity contribution in [3.8, 4) is 0 Å². The number of anilines is 1. The van der Waals surface area contributed by atoms with Crippen LogP contribution in [0.25, 0.3) is 0 Å². The lowest BCUT2D eigenvalue weighted by Gasteiger charge is -2.33. The lowest BCUT2D eigenvalue weighted by molar-refractivity contribution is -0.923. The third-order valence-electron chi connectivity index (χ3n) is 4.41. The molecule has 6 nitrogen and oxygen atoms in total. The topological polar surface area (TPSA) is 53.1 Å². The minimum Gasteiger partial charge on any atom is -0.466 e. The minimum absolute atomic E-state index is 0.190. The number of nitrogens with zero attached hydrogens (tertiary/aromatic N) is 2. The summed E-state index contributed by atoms with van der Waals surface area (Å²) < 4.78 is 7.99. The molecule has 1 saturated heterocycles. The van der Waals surface area contributed by atoms with E-state index in [1.165, 1.54) is 21.9 Å². The van der Waals surface area contributed by atoms with E-state index in [9.17, 15) is 4.79 Å². The summed E-state index contributed by atoms with van der Waals surface area (Å²) in [5.74, 6) is -0.190. The molecule has 1 fully saturated rings. The molecule has 2 aromatic heterocycles. The Balaban J connectivity index is 1.60. The van der Waals surface area contributed by atoms with Crippen LogP contribution in [0.5, 0.6) is 0 Å². The van der Waals surface area contributed by atoms with Crippen molar-refractivity contribution in [3.05, 3.63) is 39.6 Å². The molecule has 0 aliphatic carbocycles. The Morgan fingerprint density at radius 3 is 2.76 bits per heavy atom. The van der Waals surface area contributed by atoms with Crippen molar-refractivity contribution < 1.29 is 19.4 Å². The molecule has 2 aromatic rings. The molecule has 0 unspecified atom stereocenters. The van der Waals surface area contributed by atoms with Gasteiger partial charge in [0.15, 0.2) is 23.0 Å². The number of H-pyrrole nitrogens is 1. The number of aromatic nitrogens is 2. The third kappa shape index (κ3) is 4.65. The smallest absolute Gasteiger partial charge is 0.311 e. The van der Waals surface area contributed by atoms with Gasteiger partial charge in [0, 0.05) is 28.9 Å². The molecule has 25 heavy (non-hydrogen) atoms. The number of carbonyl (C=O) groups is 1. The molecular formula is C17H24N4O2S2+2. The molecule has 0 aromatic carbocycles.